The molecule has 1 atom stereocenters. The molecule has 2 heterocycles. The maximum absolute atomic E-state index is 13.0. The van der Waals surface area contributed by atoms with Crippen LogP contribution in [0.5, 0.6) is 0 Å². The standard InChI is InChI=1S/C15H16F2N2.C2H6/c1-9-12-6-7-18-14(15(12)19-13(9)8-16)10-2-4-11(17)5-3-10;1-2/h2-5,14,18-19H,6-8H2,1H3;1-2H3. The van der Waals surface area contributed by atoms with Gasteiger partial charge in [-0.15, -0.1) is 0 Å². The highest BCUT2D eigenvalue weighted by atomic mass is 19.1. The number of halogens is 2. The van der Waals surface area contributed by atoms with E-state index in [0.717, 1.165) is 29.8 Å². The predicted octanol–water partition coefficient (Wildman–Crippen LogP) is 4.19. The van der Waals surface area contributed by atoms with E-state index in [1.165, 1.54) is 17.7 Å². The molecule has 0 saturated heterocycles. The quantitative estimate of drug-likeness (QED) is 0.853. The van der Waals surface area contributed by atoms with Gasteiger partial charge in [-0.3, -0.25) is 0 Å². The normalized spacial score (nSPS) is 16.9. The summed E-state index contributed by atoms with van der Waals surface area (Å²) < 4.78 is 25.9. The molecule has 114 valence electrons. The van der Waals surface area contributed by atoms with Gasteiger partial charge in [-0.2, -0.15) is 0 Å². The predicted molar refractivity (Wildman–Crippen MR) is 81.6 cm³/mol. The number of aromatic amines is 1. The minimum Gasteiger partial charge on any atom is -0.358 e. The van der Waals surface area contributed by atoms with Crippen molar-refractivity contribution in [1.82, 2.24) is 10.3 Å². The molecule has 1 aromatic heterocycles. The fourth-order valence-corrected chi connectivity index (χ4v) is 2.80. The van der Waals surface area contributed by atoms with Gasteiger partial charge in [0.05, 0.1) is 6.04 Å². The summed E-state index contributed by atoms with van der Waals surface area (Å²) in [5.41, 5.74) is 4.88. The van der Waals surface area contributed by atoms with E-state index in [0.29, 0.717) is 5.69 Å². The van der Waals surface area contributed by atoms with Crippen molar-refractivity contribution in [1.29, 1.82) is 0 Å². The van der Waals surface area contributed by atoms with Gasteiger partial charge in [0.1, 0.15) is 12.5 Å². The average Bonchev–Trinajstić information content (AvgIpc) is 2.87. The molecular formula is C17H22F2N2. The molecule has 1 unspecified atom stereocenters. The lowest BCUT2D eigenvalue weighted by Crippen LogP contribution is -2.30. The number of aromatic nitrogens is 1. The van der Waals surface area contributed by atoms with Crippen LogP contribution < -0.4 is 5.32 Å². The Labute approximate surface area is 124 Å². The second-order valence-corrected chi connectivity index (χ2v) is 4.94. The van der Waals surface area contributed by atoms with Crippen molar-refractivity contribution in [2.75, 3.05) is 6.54 Å². The molecular weight excluding hydrogens is 270 g/mol. The van der Waals surface area contributed by atoms with Gasteiger partial charge in [0, 0.05) is 17.9 Å². The highest BCUT2D eigenvalue weighted by Gasteiger charge is 2.26. The van der Waals surface area contributed by atoms with Crippen molar-refractivity contribution >= 4 is 0 Å². The molecule has 0 aliphatic carbocycles. The third-order valence-corrected chi connectivity index (χ3v) is 3.87. The number of hydrogen-bond donors (Lipinski definition) is 2. The maximum Gasteiger partial charge on any atom is 0.129 e. The number of rotatable bonds is 2. The van der Waals surface area contributed by atoms with Crippen LogP contribution in [0.1, 0.15) is 48.0 Å². The van der Waals surface area contributed by atoms with Gasteiger partial charge in [0.25, 0.3) is 0 Å². The van der Waals surface area contributed by atoms with Crippen LogP contribution in [0.3, 0.4) is 0 Å². The lowest BCUT2D eigenvalue weighted by molar-refractivity contribution is 0.474. The van der Waals surface area contributed by atoms with E-state index in [-0.39, 0.29) is 11.9 Å². The first-order valence-corrected chi connectivity index (χ1v) is 7.45. The fraction of sp³-hybridized carbons (Fsp3) is 0.412. The summed E-state index contributed by atoms with van der Waals surface area (Å²) in [7, 11) is 0. The number of fused-ring (bicyclic) bond motifs is 1. The largest absolute Gasteiger partial charge is 0.358 e. The van der Waals surface area contributed by atoms with E-state index in [4.69, 9.17) is 0 Å². The second kappa shape index (κ2) is 6.85. The molecule has 1 aliphatic heterocycles. The first-order chi connectivity index (χ1) is 10.2. The van der Waals surface area contributed by atoms with Crippen LogP contribution >= 0.6 is 0 Å². The van der Waals surface area contributed by atoms with Crippen molar-refractivity contribution in [3.63, 3.8) is 0 Å². The van der Waals surface area contributed by atoms with E-state index < -0.39 is 6.67 Å². The summed E-state index contributed by atoms with van der Waals surface area (Å²) in [4.78, 5) is 3.18. The van der Waals surface area contributed by atoms with Gasteiger partial charge >= 0.3 is 0 Å². The molecule has 3 rings (SSSR count). The molecule has 4 heteroatoms. The molecule has 1 aliphatic rings. The van der Waals surface area contributed by atoms with E-state index in [2.05, 4.69) is 10.3 Å². The van der Waals surface area contributed by atoms with Crippen molar-refractivity contribution in [3.8, 4) is 0 Å². The minimum atomic E-state index is -0.477. The summed E-state index contributed by atoms with van der Waals surface area (Å²) in [6, 6.07) is 6.44. The second-order valence-electron chi connectivity index (χ2n) is 4.94. The number of alkyl halides is 1. The highest BCUT2D eigenvalue weighted by molar-refractivity contribution is 5.43. The molecule has 0 amide bonds. The van der Waals surface area contributed by atoms with Crippen LogP contribution in [0, 0.1) is 12.7 Å². The Bertz CT molecular complexity index is 588. The van der Waals surface area contributed by atoms with Gasteiger partial charge in [-0.05, 0) is 42.2 Å². The zero-order valence-electron chi connectivity index (χ0n) is 12.8. The van der Waals surface area contributed by atoms with Crippen molar-refractivity contribution in [3.05, 3.63) is 58.2 Å². The van der Waals surface area contributed by atoms with Gasteiger partial charge in [-0.1, -0.05) is 26.0 Å². The first-order valence-electron chi connectivity index (χ1n) is 7.45. The van der Waals surface area contributed by atoms with Gasteiger partial charge in [0.15, 0.2) is 0 Å². The van der Waals surface area contributed by atoms with E-state index in [1.807, 2.05) is 20.8 Å². The zero-order chi connectivity index (χ0) is 15.4. The number of H-pyrrole nitrogens is 1. The first kappa shape index (κ1) is 15.7. The van der Waals surface area contributed by atoms with E-state index in [9.17, 15) is 8.78 Å². The van der Waals surface area contributed by atoms with Crippen LogP contribution in [0.4, 0.5) is 8.78 Å². The summed E-state index contributed by atoms with van der Waals surface area (Å²) in [5.74, 6) is -0.244. The Balaban J connectivity index is 0.000000774. The number of benzene rings is 1. The maximum atomic E-state index is 13.0. The zero-order valence-corrected chi connectivity index (χ0v) is 12.8. The van der Waals surface area contributed by atoms with Gasteiger partial charge in [0.2, 0.25) is 0 Å². The van der Waals surface area contributed by atoms with Crippen LogP contribution in [-0.2, 0) is 13.1 Å². The smallest absolute Gasteiger partial charge is 0.129 e. The molecule has 0 radical (unpaired) electrons. The highest BCUT2D eigenvalue weighted by Crippen LogP contribution is 2.31. The van der Waals surface area contributed by atoms with Crippen LogP contribution in [0.15, 0.2) is 24.3 Å². The molecule has 0 saturated carbocycles. The Morgan fingerprint density at radius 2 is 1.86 bits per heavy atom. The van der Waals surface area contributed by atoms with Gasteiger partial charge < -0.3 is 10.3 Å². The Hall–Kier alpha value is -1.68. The fourth-order valence-electron chi connectivity index (χ4n) is 2.80. The topological polar surface area (TPSA) is 27.8 Å². The molecule has 1 aromatic carbocycles. The van der Waals surface area contributed by atoms with Crippen molar-refractivity contribution in [2.24, 2.45) is 0 Å². The van der Waals surface area contributed by atoms with Gasteiger partial charge in [-0.25, -0.2) is 8.78 Å². The molecule has 2 nitrogen and oxygen atoms in total. The number of hydrogen-bond acceptors (Lipinski definition) is 1. The van der Waals surface area contributed by atoms with Crippen LogP contribution in [0.2, 0.25) is 0 Å². The third kappa shape index (κ3) is 3.00. The molecule has 0 bridgehead atoms. The molecule has 0 fully saturated rings. The minimum absolute atomic E-state index is 0.0108. The third-order valence-electron chi connectivity index (χ3n) is 3.87. The Morgan fingerprint density at radius 3 is 2.48 bits per heavy atom. The average molecular weight is 292 g/mol. The van der Waals surface area contributed by atoms with Crippen molar-refractivity contribution in [2.45, 2.75) is 39.9 Å². The molecule has 2 aromatic rings. The lowest BCUT2D eigenvalue weighted by atomic mass is 9.94. The summed E-state index contributed by atoms with van der Waals surface area (Å²) in [5, 5.41) is 3.40. The summed E-state index contributed by atoms with van der Waals surface area (Å²) in [6.07, 6.45) is 0.898. The van der Waals surface area contributed by atoms with Crippen LogP contribution in [-0.4, -0.2) is 11.5 Å². The van der Waals surface area contributed by atoms with Crippen LogP contribution in [0.25, 0.3) is 0 Å². The van der Waals surface area contributed by atoms with Crippen molar-refractivity contribution < 1.29 is 8.78 Å². The summed E-state index contributed by atoms with van der Waals surface area (Å²) in [6.45, 7) is 6.33. The lowest BCUT2D eigenvalue weighted by Gasteiger charge is -2.25. The summed E-state index contributed by atoms with van der Waals surface area (Å²) >= 11 is 0. The Morgan fingerprint density at radius 1 is 1.19 bits per heavy atom. The van der Waals surface area contributed by atoms with E-state index in [1.54, 1.807) is 12.1 Å². The molecule has 21 heavy (non-hydrogen) atoms. The SMILES string of the molecule is CC.Cc1c(CF)[nH]c2c1CCNC2c1ccc(F)cc1. The monoisotopic (exact) mass is 292 g/mol. The molecule has 0 spiro atoms. The van der Waals surface area contributed by atoms with E-state index >= 15 is 0 Å². The number of nitrogens with one attached hydrogen (secondary N) is 2. The Kier molecular flexibility index (Phi) is 5.12. The molecule has 2 N–H and O–H groups in total.